The number of nitrogens with one attached hydrogen (secondary N) is 2. The number of methoxy groups -OCH3 is 2. The smallest absolute Gasteiger partial charge is 0.220 e. The van der Waals surface area contributed by atoms with E-state index < -0.39 is 0 Å². The largest absolute Gasteiger partial charge is 0.493 e. The van der Waals surface area contributed by atoms with Crippen molar-refractivity contribution < 1.29 is 23.6 Å². The topological polar surface area (TPSA) is 52.0 Å². The maximum atomic E-state index is 14.3. The molecule has 2 N–H and O–H groups in total. The zero-order valence-corrected chi connectivity index (χ0v) is 17.5. The Labute approximate surface area is 171 Å². The third-order valence-electron chi connectivity index (χ3n) is 5.72. The lowest BCUT2D eigenvalue weighted by Gasteiger charge is -2.38. The number of carbonyl (C=O) groups is 1. The van der Waals surface area contributed by atoms with E-state index in [-0.39, 0.29) is 23.8 Å². The quantitative estimate of drug-likeness (QED) is 0.749. The van der Waals surface area contributed by atoms with Crippen LogP contribution in [-0.4, -0.2) is 32.7 Å². The summed E-state index contributed by atoms with van der Waals surface area (Å²) >= 11 is 0. The van der Waals surface area contributed by atoms with E-state index in [1.165, 1.54) is 16.5 Å². The maximum Gasteiger partial charge on any atom is 0.220 e. The van der Waals surface area contributed by atoms with Crippen LogP contribution in [0.3, 0.4) is 0 Å². The molecule has 0 radical (unpaired) electrons. The Kier molecular flexibility index (Phi) is 6.75. The first-order valence-electron chi connectivity index (χ1n) is 10.1. The number of carbonyl (C=O) groups excluding carboxylic acids is 1. The summed E-state index contributed by atoms with van der Waals surface area (Å²) in [6.45, 7) is 5.26. The van der Waals surface area contributed by atoms with Crippen LogP contribution in [0.2, 0.25) is 0 Å². The molecule has 0 bridgehead atoms. The molecule has 0 saturated heterocycles. The van der Waals surface area contributed by atoms with E-state index in [9.17, 15) is 9.18 Å². The molecule has 1 amide bonds. The predicted octanol–water partition coefficient (Wildman–Crippen LogP) is 2.44. The summed E-state index contributed by atoms with van der Waals surface area (Å²) < 4.78 is 25.3. The van der Waals surface area contributed by atoms with E-state index in [4.69, 9.17) is 9.47 Å². The minimum atomic E-state index is -0.192. The molecule has 3 atom stereocenters. The van der Waals surface area contributed by atoms with Crippen LogP contribution in [0.25, 0.3) is 0 Å². The summed E-state index contributed by atoms with van der Waals surface area (Å²) in [4.78, 5) is 13.3. The zero-order valence-electron chi connectivity index (χ0n) is 17.5. The van der Waals surface area contributed by atoms with Gasteiger partial charge in [0.15, 0.2) is 11.5 Å². The fourth-order valence-electron chi connectivity index (χ4n) is 4.26. The van der Waals surface area contributed by atoms with Gasteiger partial charge in [-0.05, 0) is 30.7 Å². The summed E-state index contributed by atoms with van der Waals surface area (Å²) in [6.07, 6.45) is 1.28. The lowest BCUT2D eigenvalue weighted by Crippen LogP contribution is -3.13. The van der Waals surface area contributed by atoms with Gasteiger partial charge in [0.05, 0.1) is 26.8 Å². The lowest BCUT2D eigenvalue weighted by atomic mass is 9.87. The predicted molar refractivity (Wildman–Crippen MR) is 110 cm³/mol. The number of rotatable bonds is 7. The SMILES string of the molecule is CCC(=O)N[C@H](C)[C@@H]1c2cc(OC)c(OC)cc2CC[NH+]1Cc1ccccc1F. The molecule has 6 heteroatoms. The summed E-state index contributed by atoms with van der Waals surface area (Å²) in [7, 11) is 3.25. The van der Waals surface area contributed by atoms with Gasteiger partial charge in [-0.15, -0.1) is 0 Å². The second kappa shape index (κ2) is 9.27. The summed E-state index contributed by atoms with van der Waals surface area (Å²) in [5.41, 5.74) is 2.98. The fourth-order valence-corrected chi connectivity index (χ4v) is 4.26. The standard InChI is InChI=1S/C23H29FN2O3/c1-5-22(27)25-15(2)23-18-13-21(29-4)20(28-3)12-16(18)10-11-26(23)14-17-8-6-7-9-19(17)24/h6-9,12-13,15,23H,5,10-11,14H2,1-4H3,(H,25,27)/p+1/t15-,23-/m1/s1. The van der Waals surface area contributed by atoms with Crippen molar-refractivity contribution in [3.8, 4) is 11.5 Å². The van der Waals surface area contributed by atoms with Crippen molar-refractivity contribution >= 4 is 5.91 Å². The van der Waals surface area contributed by atoms with Gasteiger partial charge in [0.2, 0.25) is 5.91 Å². The first-order chi connectivity index (χ1) is 14.0. The highest BCUT2D eigenvalue weighted by molar-refractivity contribution is 5.75. The summed E-state index contributed by atoms with van der Waals surface area (Å²) in [5, 5.41) is 3.11. The molecule has 2 aromatic carbocycles. The van der Waals surface area contributed by atoms with E-state index in [1.54, 1.807) is 20.3 Å². The number of amides is 1. The monoisotopic (exact) mass is 401 g/mol. The van der Waals surface area contributed by atoms with Gasteiger partial charge >= 0.3 is 0 Å². The van der Waals surface area contributed by atoms with Crippen LogP contribution in [0.4, 0.5) is 4.39 Å². The molecule has 0 aliphatic carbocycles. The van der Waals surface area contributed by atoms with Gasteiger partial charge < -0.3 is 19.7 Å². The Bertz CT molecular complexity index is 871. The van der Waals surface area contributed by atoms with E-state index in [1.807, 2.05) is 38.1 Å². The first-order valence-corrected chi connectivity index (χ1v) is 10.1. The van der Waals surface area contributed by atoms with Crippen LogP contribution in [0.5, 0.6) is 11.5 Å². The number of benzene rings is 2. The minimum Gasteiger partial charge on any atom is -0.493 e. The molecule has 2 aromatic rings. The number of quaternary nitrogens is 1. The number of hydrogen-bond acceptors (Lipinski definition) is 3. The highest BCUT2D eigenvalue weighted by Gasteiger charge is 2.37. The van der Waals surface area contributed by atoms with E-state index in [0.29, 0.717) is 30.0 Å². The second-order valence-corrected chi connectivity index (χ2v) is 7.52. The van der Waals surface area contributed by atoms with Crippen LogP contribution in [-0.2, 0) is 17.8 Å². The zero-order chi connectivity index (χ0) is 21.0. The Hall–Kier alpha value is -2.60. The molecule has 3 rings (SSSR count). The van der Waals surface area contributed by atoms with Crippen LogP contribution < -0.4 is 19.7 Å². The van der Waals surface area contributed by atoms with Gasteiger partial charge in [-0.2, -0.15) is 0 Å². The molecule has 1 unspecified atom stereocenters. The van der Waals surface area contributed by atoms with Gasteiger partial charge in [0.25, 0.3) is 0 Å². The number of ether oxygens (including phenoxy) is 2. The average molecular weight is 402 g/mol. The van der Waals surface area contributed by atoms with Crippen molar-refractivity contribution in [1.82, 2.24) is 5.32 Å². The van der Waals surface area contributed by atoms with Crippen molar-refractivity contribution in [2.75, 3.05) is 20.8 Å². The molecule has 0 aromatic heterocycles. The van der Waals surface area contributed by atoms with Crippen LogP contribution in [0, 0.1) is 5.82 Å². The number of halogens is 1. The summed E-state index contributed by atoms with van der Waals surface area (Å²) in [5.74, 6) is 1.18. The highest BCUT2D eigenvalue weighted by Crippen LogP contribution is 2.35. The summed E-state index contributed by atoms with van der Waals surface area (Å²) in [6, 6.07) is 10.8. The van der Waals surface area contributed by atoms with Gasteiger partial charge in [-0.25, -0.2) is 4.39 Å². The Morgan fingerprint density at radius 1 is 1.24 bits per heavy atom. The third-order valence-corrected chi connectivity index (χ3v) is 5.72. The molecular weight excluding hydrogens is 371 g/mol. The van der Waals surface area contributed by atoms with E-state index in [2.05, 4.69) is 5.32 Å². The Morgan fingerprint density at radius 2 is 1.93 bits per heavy atom. The van der Waals surface area contributed by atoms with Crippen molar-refractivity contribution in [1.29, 1.82) is 0 Å². The number of hydrogen-bond donors (Lipinski definition) is 2. The Morgan fingerprint density at radius 3 is 2.59 bits per heavy atom. The molecule has 1 aliphatic rings. The van der Waals surface area contributed by atoms with E-state index >= 15 is 0 Å². The molecule has 1 heterocycles. The molecule has 29 heavy (non-hydrogen) atoms. The highest BCUT2D eigenvalue weighted by atomic mass is 19.1. The van der Waals surface area contributed by atoms with Crippen molar-refractivity contribution in [2.24, 2.45) is 0 Å². The van der Waals surface area contributed by atoms with Gasteiger partial charge in [-0.1, -0.05) is 25.1 Å². The molecule has 156 valence electrons. The van der Waals surface area contributed by atoms with Gasteiger partial charge in [0.1, 0.15) is 18.4 Å². The molecule has 0 fully saturated rings. The molecule has 1 aliphatic heterocycles. The first kappa shape index (κ1) is 21.1. The van der Waals surface area contributed by atoms with Crippen molar-refractivity contribution in [2.45, 2.75) is 45.3 Å². The van der Waals surface area contributed by atoms with Gasteiger partial charge in [-0.3, -0.25) is 4.79 Å². The average Bonchev–Trinajstić information content (AvgIpc) is 2.73. The van der Waals surface area contributed by atoms with Crippen LogP contribution >= 0.6 is 0 Å². The van der Waals surface area contributed by atoms with Crippen molar-refractivity contribution in [3.63, 3.8) is 0 Å². The lowest BCUT2D eigenvalue weighted by molar-refractivity contribution is -0.948. The fraction of sp³-hybridized carbons (Fsp3) is 0.435. The van der Waals surface area contributed by atoms with Crippen molar-refractivity contribution in [3.05, 3.63) is 58.9 Å². The Balaban J connectivity index is 2.01. The maximum absolute atomic E-state index is 14.3. The third kappa shape index (κ3) is 4.53. The number of fused-ring (bicyclic) bond motifs is 1. The normalized spacial score (nSPS) is 19.2. The molecule has 0 spiro atoms. The van der Waals surface area contributed by atoms with Crippen LogP contribution in [0.1, 0.15) is 43.0 Å². The molecule has 5 nitrogen and oxygen atoms in total. The van der Waals surface area contributed by atoms with Crippen LogP contribution in [0.15, 0.2) is 36.4 Å². The molecule has 0 saturated carbocycles. The second-order valence-electron chi connectivity index (χ2n) is 7.52. The minimum absolute atomic E-state index is 0.00958. The van der Waals surface area contributed by atoms with E-state index in [0.717, 1.165) is 18.5 Å². The molecular formula is C23H30FN2O3+. The van der Waals surface area contributed by atoms with Gasteiger partial charge in [0, 0.05) is 24.0 Å².